The van der Waals surface area contributed by atoms with Crippen LogP contribution >= 0.6 is 22.9 Å². The summed E-state index contributed by atoms with van der Waals surface area (Å²) in [6.07, 6.45) is 1.22. The van der Waals surface area contributed by atoms with E-state index in [1.165, 1.54) is 0 Å². The second kappa shape index (κ2) is 10.3. The first-order valence-electron chi connectivity index (χ1n) is 10.2. The van der Waals surface area contributed by atoms with E-state index in [-0.39, 0.29) is 12.3 Å². The van der Waals surface area contributed by atoms with Gasteiger partial charge in [0.05, 0.1) is 0 Å². The minimum Gasteiger partial charge on any atom is -0.480 e. The van der Waals surface area contributed by atoms with Crippen molar-refractivity contribution in [3.8, 4) is 0 Å². The molecule has 0 spiro atoms. The van der Waals surface area contributed by atoms with E-state index in [0.29, 0.717) is 17.9 Å². The first-order valence-corrected chi connectivity index (χ1v) is 11.4. The number of hydrogen-bond donors (Lipinski definition) is 3. The van der Waals surface area contributed by atoms with Crippen molar-refractivity contribution in [3.63, 3.8) is 0 Å². The molecule has 1 heterocycles. The van der Waals surface area contributed by atoms with E-state index in [9.17, 15) is 19.8 Å². The highest BCUT2D eigenvalue weighted by Crippen LogP contribution is 2.31. The van der Waals surface area contributed by atoms with Crippen LogP contribution in [0.3, 0.4) is 0 Å². The van der Waals surface area contributed by atoms with Gasteiger partial charge >= 0.3 is 11.9 Å². The van der Waals surface area contributed by atoms with Crippen molar-refractivity contribution < 1.29 is 19.8 Å². The van der Waals surface area contributed by atoms with Crippen molar-refractivity contribution in [1.29, 1.82) is 0 Å². The maximum absolute atomic E-state index is 11.9. The number of carbonyl (C=O) groups is 2. The summed E-state index contributed by atoms with van der Waals surface area (Å²) in [5.74, 6) is -1.96. The van der Waals surface area contributed by atoms with Gasteiger partial charge in [-0.15, -0.1) is 11.3 Å². The lowest BCUT2D eigenvalue weighted by molar-refractivity contribution is -0.142. The molecule has 0 amide bonds. The Kier molecular flexibility index (Phi) is 7.70. The van der Waals surface area contributed by atoms with Crippen LogP contribution < -0.4 is 5.32 Å². The number of benzene rings is 2. The zero-order chi connectivity index (χ0) is 22.5. The molecule has 0 radical (unpaired) electrons. The first-order chi connectivity index (χ1) is 14.7. The summed E-state index contributed by atoms with van der Waals surface area (Å²) < 4.78 is 1.15. The van der Waals surface area contributed by atoms with E-state index in [1.54, 1.807) is 11.3 Å². The lowest BCUT2D eigenvalue weighted by Gasteiger charge is -2.22. The molecule has 7 heteroatoms. The van der Waals surface area contributed by atoms with Crippen LogP contribution in [0.4, 0.5) is 0 Å². The van der Waals surface area contributed by atoms with Crippen molar-refractivity contribution in [2.24, 2.45) is 5.92 Å². The highest BCUT2D eigenvalue weighted by atomic mass is 35.5. The van der Waals surface area contributed by atoms with Gasteiger partial charge in [0.1, 0.15) is 12.1 Å². The molecule has 0 fully saturated rings. The third kappa shape index (κ3) is 6.06. The molecule has 3 N–H and O–H groups in total. The van der Waals surface area contributed by atoms with Gasteiger partial charge in [-0.2, -0.15) is 0 Å². The van der Waals surface area contributed by atoms with Gasteiger partial charge in [0.25, 0.3) is 0 Å². The Balaban J connectivity index is 1.84. The number of nitrogens with one attached hydrogen (secondary N) is 1. The minimum atomic E-state index is -1.06. The van der Waals surface area contributed by atoms with Crippen LogP contribution in [0.2, 0.25) is 5.02 Å². The summed E-state index contributed by atoms with van der Waals surface area (Å²) in [4.78, 5) is 23.5. The number of carboxylic acid groups (broad SMARTS) is 2. The SMILES string of the molecule is CC(C)CC(NC(Cc1ccccc1Cc1csc2ccc(Cl)cc12)C(=O)O)C(=O)O. The molecule has 2 unspecified atom stereocenters. The van der Waals surface area contributed by atoms with Crippen molar-refractivity contribution in [2.45, 2.75) is 45.2 Å². The number of carboxylic acids is 2. The van der Waals surface area contributed by atoms with E-state index in [2.05, 4.69) is 10.7 Å². The number of hydrogen-bond acceptors (Lipinski definition) is 4. The predicted octanol–water partition coefficient (Wildman–Crippen LogP) is 5.23. The second-order valence-corrected chi connectivity index (χ2v) is 9.48. The van der Waals surface area contributed by atoms with Crippen molar-refractivity contribution in [3.05, 3.63) is 69.6 Å². The van der Waals surface area contributed by atoms with Gasteiger partial charge in [-0.1, -0.05) is 49.7 Å². The topological polar surface area (TPSA) is 86.6 Å². The lowest BCUT2D eigenvalue weighted by atomic mass is 9.94. The third-order valence-corrected chi connectivity index (χ3v) is 6.49. The smallest absolute Gasteiger partial charge is 0.321 e. The Morgan fingerprint density at radius 2 is 1.68 bits per heavy atom. The summed E-state index contributed by atoms with van der Waals surface area (Å²) in [6.45, 7) is 3.83. The maximum Gasteiger partial charge on any atom is 0.321 e. The minimum absolute atomic E-state index is 0.133. The van der Waals surface area contributed by atoms with Gasteiger partial charge in [-0.05, 0) is 70.8 Å². The normalized spacial score (nSPS) is 13.4. The molecule has 31 heavy (non-hydrogen) atoms. The number of thiophene rings is 1. The molecular formula is C24H26ClNO4S. The molecule has 3 aromatic rings. The Morgan fingerprint density at radius 3 is 2.32 bits per heavy atom. The summed E-state index contributed by atoms with van der Waals surface area (Å²) in [5, 5.41) is 26.0. The number of aliphatic carboxylic acids is 2. The summed E-state index contributed by atoms with van der Waals surface area (Å²) >= 11 is 7.83. The Morgan fingerprint density at radius 1 is 1.00 bits per heavy atom. The third-order valence-electron chi connectivity index (χ3n) is 5.24. The van der Waals surface area contributed by atoms with Crippen molar-refractivity contribution in [2.75, 3.05) is 0 Å². The quantitative estimate of drug-likeness (QED) is 0.386. The molecule has 0 aliphatic rings. The Hall–Kier alpha value is -2.41. The van der Waals surface area contributed by atoms with E-state index < -0.39 is 24.0 Å². The van der Waals surface area contributed by atoms with Crippen LogP contribution in [0, 0.1) is 5.92 Å². The van der Waals surface area contributed by atoms with Crippen LogP contribution in [0.1, 0.15) is 37.0 Å². The average molecular weight is 460 g/mol. The Bertz CT molecular complexity index is 1080. The molecule has 0 saturated carbocycles. The standard InChI is InChI=1S/C24H26ClNO4S/c1-14(2)9-20(23(27)28)26-21(24(29)30)11-16-6-4-3-5-15(16)10-17-13-31-22-8-7-18(25)12-19(17)22/h3-8,12-14,20-21,26H,9-11H2,1-2H3,(H,27,28)(H,29,30). The summed E-state index contributed by atoms with van der Waals surface area (Å²) in [6, 6.07) is 11.6. The molecule has 3 rings (SSSR count). The highest BCUT2D eigenvalue weighted by molar-refractivity contribution is 7.17. The molecule has 1 aromatic heterocycles. The van der Waals surface area contributed by atoms with Crippen LogP contribution in [-0.4, -0.2) is 34.2 Å². The number of fused-ring (bicyclic) bond motifs is 1. The van der Waals surface area contributed by atoms with Gasteiger partial charge in [0, 0.05) is 9.72 Å². The molecular weight excluding hydrogens is 434 g/mol. The molecule has 0 saturated heterocycles. The monoisotopic (exact) mass is 459 g/mol. The lowest BCUT2D eigenvalue weighted by Crippen LogP contribution is -2.48. The maximum atomic E-state index is 11.9. The fourth-order valence-corrected chi connectivity index (χ4v) is 4.83. The molecule has 0 aliphatic heterocycles. The van der Waals surface area contributed by atoms with Crippen LogP contribution in [0.25, 0.3) is 10.1 Å². The average Bonchev–Trinajstić information content (AvgIpc) is 3.09. The molecule has 164 valence electrons. The second-order valence-electron chi connectivity index (χ2n) is 8.13. The molecule has 5 nitrogen and oxygen atoms in total. The molecule has 2 atom stereocenters. The predicted molar refractivity (Wildman–Crippen MR) is 125 cm³/mol. The van der Waals surface area contributed by atoms with Crippen LogP contribution in [-0.2, 0) is 22.4 Å². The highest BCUT2D eigenvalue weighted by Gasteiger charge is 2.27. The van der Waals surface area contributed by atoms with Gasteiger partial charge in [-0.3, -0.25) is 14.9 Å². The molecule has 0 bridgehead atoms. The van der Waals surface area contributed by atoms with Crippen LogP contribution in [0.15, 0.2) is 47.8 Å². The number of rotatable bonds is 10. The van der Waals surface area contributed by atoms with Crippen LogP contribution in [0.5, 0.6) is 0 Å². The van der Waals surface area contributed by atoms with E-state index in [4.69, 9.17) is 11.6 Å². The fourth-order valence-electron chi connectivity index (χ4n) is 3.72. The van der Waals surface area contributed by atoms with Gasteiger partial charge in [-0.25, -0.2) is 0 Å². The van der Waals surface area contributed by atoms with E-state index in [1.807, 2.05) is 56.3 Å². The Labute approximate surface area is 190 Å². The van der Waals surface area contributed by atoms with Crippen molar-refractivity contribution >= 4 is 45.0 Å². The number of halogens is 1. The molecule has 0 aliphatic carbocycles. The summed E-state index contributed by atoms with van der Waals surface area (Å²) in [5.41, 5.74) is 3.04. The van der Waals surface area contributed by atoms with Gasteiger partial charge < -0.3 is 10.2 Å². The largest absolute Gasteiger partial charge is 0.480 e. The first kappa shape index (κ1) is 23.3. The van der Waals surface area contributed by atoms with E-state index in [0.717, 1.165) is 26.8 Å². The van der Waals surface area contributed by atoms with E-state index >= 15 is 0 Å². The van der Waals surface area contributed by atoms with Gasteiger partial charge in [0.15, 0.2) is 0 Å². The fraction of sp³-hybridized carbons (Fsp3) is 0.333. The zero-order valence-corrected chi connectivity index (χ0v) is 19.0. The molecule has 2 aromatic carbocycles. The van der Waals surface area contributed by atoms with Gasteiger partial charge in [0.2, 0.25) is 0 Å². The zero-order valence-electron chi connectivity index (χ0n) is 17.5. The summed E-state index contributed by atoms with van der Waals surface area (Å²) in [7, 11) is 0. The van der Waals surface area contributed by atoms with Crippen molar-refractivity contribution in [1.82, 2.24) is 5.32 Å².